The van der Waals surface area contributed by atoms with E-state index in [2.05, 4.69) is 34.1 Å². The first-order chi connectivity index (χ1) is 20.9. The van der Waals surface area contributed by atoms with E-state index in [4.69, 9.17) is 35.8 Å². The van der Waals surface area contributed by atoms with E-state index in [1.807, 2.05) is 60.0 Å². The van der Waals surface area contributed by atoms with Crippen molar-refractivity contribution in [1.82, 2.24) is 19.8 Å². The Morgan fingerprint density at radius 3 is 2.66 bits per heavy atom. The van der Waals surface area contributed by atoms with Crippen molar-refractivity contribution in [2.75, 3.05) is 45.2 Å². The van der Waals surface area contributed by atoms with Crippen LogP contribution in [0.5, 0.6) is 6.01 Å². The number of nitrogens with zero attached hydrogens (tertiary/aromatic N) is 6. The summed E-state index contributed by atoms with van der Waals surface area (Å²) in [6, 6.07) is 14.2. The van der Waals surface area contributed by atoms with Crippen LogP contribution in [0.25, 0.3) is 10.8 Å². The van der Waals surface area contributed by atoms with Gasteiger partial charge in [-0.3, -0.25) is 0 Å². The first-order valence-corrected chi connectivity index (χ1v) is 15.4. The molecule has 234 valence electrons. The van der Waals surface area contributed by atoms with Crippen molar-refractivity contribution in [3.8, 4) is 12.1 Å². The van der Waals surface area contributed by atoms with Gasteiger partial charge in [-0.2, -0.15) is 15.2 Å². The molecule has 0 saturated carbocycles. The molecule has 0 spiro atoms. The molecule has 0 aliphatic carbocycles. The van der Waals surface area contributed by atoms with Crippen LogP contribution in [0.1, 0.15) is 57.0 Å². The molecule has 3 aromatic rings. The Balaban J connectivity index is 1.49. The van der Waals surface area contributed by atoms with Crippen molar-refractivity contribution >= 4 is 34.3 Å². The number of halogens is 1. The van der Waals surface area contributed by atoms with Crippen LogP contribution in [0, 0.1) is 11.3 Å². The van der Waals surface area contributed by atoms with E-state index < -0.39 is 11.7 Å². The summed E-state index contributed by atoms with van der Waals surface area (Å²) in [6.07, 6.45) is -0.113. The molecule has 3 atom stereocenters. The fourth-order valence-electron chi connectivity index (χ4n) is 5.96. The number of nitriles is 1. The van der Waals surface area contributed by atoms with Crippen LogP contribution in [0.15, 0.2) is 36.4 Å². The van der Waals surface area contributed by atoms with Crippen LogP contribution < -0.4 is 9.64 Å². The van der Waals surface area contributed by atoms with Crippen molar-refractivity contribution in [3.05, 3.63) is 58.2 Å². The predicted octanol–water partition coefficient (Wildman–Crippen LogP) is 5.77. The van der Waals surface area contributed by atoms with Gasteiger partial charge in [-0.25, -0.2) is 4.79 Å². The molecule has 1 saturated heterocycles. The average molecular weight is 621 g/mol. The second-order valence-electron chi connectivity index (χ2n) is 12.8. The van der Waals surface area contributed by atoms with E-state index in [0.29, 0.717) is 56.1 Å². The molecule has 44 heavy (non-hydrogen) atoms. The molecule has 11 heteroatoms. The molecular formula is C33H41ClN6O4. The van der Waals surface area contributed by atoms with Crippen molar-refractivity contribution < 1.29 is 19.0 Å². The number of hydrogen-bond acceptors (Lipinski definition) is 9. The molecule has 5 rings (SSSR count). The van der Waals surface area contributed by atoms with Gasteiger partial charge in [0.15, 0.2) is 0 Å². The minimum atomic E-state index is -0.630. The molecule has 1 unspecified atom stereocenters. The number of benzene rings is 2. The SMILES string of the molecule is CC(CN(C)C)Oc1nc2c(c(N3CCN(C(=O)OC(C)(C)C)[C@@H](CC#N)C3)n1)CO[C@H](c1cccc3cccc(Cl)c13)C2. The summed E-state index contributed by atoms with van der Waals surface area (Å²) in [5.41, 5.74) is 2.13. The number of piperazine rings is 1. The lowest BCUT2D eigenvalue weighted by Crippen LogP contribution is -2.56. The molecule has 1 amide bonds. The molecular weight excluding hydrogens is 580 g/mol. The third kappa shape index (κ3) is 7.17. The Morgan fingerprint density at radius 1 is 1.20 bits per heavy atom. The number of anilines is 1. The van der Waals surface area contributed by atoms with Gasteiger partial charge in [0.1, 0.15) is 17.5 Å². The predicted molar refractivity (Wildman–Crippen MR) is 170 cm³/mol. The van der Waals surface area contributed by atoms with Gasteiger partial charge in [-0.05, 0) is 58.8 Å². The zero-order valence-corrected chi connectivity index (χ0v) is 27.1. The van der Waals surface area contributed by atoms with Gasteiger partial charge < -0.3 is 28.9 Å². The van der Waals surface area contributed by atoms with Gasteiger partial charge in [0.05, 0.1) is 36.9 Å². The van der Waals surface area contributed by atoms with Crippen molar-refractivity contribution in [1.29, 1.82) is 5.26 Å². The number of carbonyl (C=O) groups excluding carboxylic acids is 1. The fraction of sp³-hybridized carbons (Fsp3) is 0.515. The second kappa shape index (κ2) is 13.1. The van der Waals surface area contributed by atoms with Gasteiger partial charge in [-0.1, -0.05) is 41.9 Å². The van der Waals surface area contributed by atoms with E-state index in [0.717, 1.165) is 27.6 Å². The van der Waals surface area contributed by atoms with Crippen molar-refractivity contribution in [2.24, 2.45) is 0 Å². The lowest BCUT2D eigenvalue weighted by Gasteiger charge is -2.42. The summed E-state index contributed by atoms with van der Waals surface area (Å²) >= 11 is 6.67. The Morgan fingerprint density at radius 2 is 1.95 bits per heavy atom. The number of aromatic nitrogens is 2. The highest BCUT2D eigenvalue weighted by Gasteiger charge is 2.36. The largest absolute Gasteiger partial charge is 0.459 e. The molecule has 0 bridgehead atoms. The van der Waals surface area contributed by atoms with Gasteiger partial charge in [0.25, 0.3) is 0 Å². The van der Waals surface area contributed by atoms with E-state index in [1.54, 1.807) is 4.90 Å². The van der Waals surface area contributed by atoms with Crippen LogP contribution in [-0.4, -0.2) is 83.9 Å². The van der Waals surface area contributed by atoms with Crippen LogP contribution in [0.3, 0.4) is 0 Å². The fourth-order valence-corrected chi connectivity index (χ4v) is 6.25. The lowest BCUT2D eigenvalue weighted by molar-refractivity contribution is 0.0140. The topological polar surface area (TPSA) is 104 Å². The number of ether oxygens (including phenoxy) is 3. The smallest absolute Gasteiger partial charge is 0.410 e. The second-order valence-corrected chi connectivity index (χ2v) is 13.2. The molecule has 0 N–H and O–H groups in total. The summed E-state index contributed by atoms with van der Waals surface area (Å²) in [5, 5.41) is 12.3. The Kier molecular flexibility index (Phi) is 9.49. The van der Waals surface area contributed by atoms with Crippen LogP contribution in [0.4, 0.5) is 10.6 Å². The maximum absolute atomic E-state index is 13.0. The Hall–Kier alpha value is -3.65. The molecule has 10 nitrogen and oxygen atoms in total. The van der Waals surface area contributed by atoms with Gasteiger partial charge in [-0.15, -0.1) is 0 Å². The van der Waals surface area contributed by atoms with Gasteiger partial charge in [0.2, 0.25) is 0 Å². The molecule has 1 aromatic heterocycles. The molecule has 1 fully saturated rings. The number of carbonyl (C=O) groups is 1. The number of amides is 1. The summed E-state index contributed by atoms with van der Waals surface area (Å²) in [6.45, 7) is 9.85. The monoisotopic (exact) mass is 620 g/mol. The number of rotatable bonds is 7. The van der Waals surface area contributed by atoms with E-state index in [1.165, 1.54) is 0 Å². The summed E-state index contributed by atoms with van der Waals surface area (Å²) in [4.78, 5) is 28.7. The maximum Gasteiger partial charge on any atom is 0.410 e. The van der Waals surface area contributed by atoms with E-state index >= 15 is 0 Å². The minimum absolute atomic E-state index is 0.140. The summed E-state index contributed by atoms with van der Waals surface area (Å²) < 4.78 is 18.4. The zero-order valence-electron chi connectivity index (χ0n) is 26.3. The number of fused-ring (bicyclic) bond motifs is 2. The minimum Gasteiger partial charge on any atom is -0.459 e. The zero-order chi connectivity index (χ0) is 31.6. The molecule has 0 radical (unpaired) electrons. The Labute approximate surface area is 264 Å². The number of hydrogen-bond donors (Lipinski definition) is 0. The quantitative estimate of drug-likeness (QED) is 0.326. The lowest BCUT2D eigenvalue weighted by atomic mass is 9.94. The highest BCUT2D eigenvalue weighted by atomic mass is 35.5. The van der Waals surface area contributed by atoms with Gasteiger partial charge >= 0.3 is 12.1 Å². The van der Waals surface area contributed by atoms with Gasteiger partial charge in [0, 0.05) is 48.6 Å². The first kappa shape index (κ1) is 31.8. The van der Waals surface area contributed by atoms with Crippen LogP contribution in [-0.2, 0) is 22.5 Å². The first-order valence-electron chi connectivity index (χ1n) is 15.0. The van der Waals surface area contributed by atoms with Crippen molar-refractivity contribution in [3.63, 3.8) is 0 Å². The molecule has 2 aromatic carbocycles. The average Bonchev–Trinajstić information content (AvgIpc) is 2.95. The third-order valence-electron chi connectivity index (χ3n) is 7.76. The third-order valence-corrected chi connectivity index (χ3v) is 8.07. The molecule has 3 heterocycles. The van der Waals surface area contributed by atoms with Crippen LogP contribution >= 0.6 is 11.6 Å². The van der Waals surface area contributed by atoms with Crippen LogP contribution in [0.2, 0.25) is 5.02 Å². The Bertz CT molecular complexity index is 1550. The van der Waals surface area contributed by atoms with Crippen molar-refractivity contribution in [2.45, 2.75) is 71.0 Å². The van der Waals surface area contributed by atoms with E-state index in [9.17, 15) is 10.1 Å². The molecule has 2 aliphatic heterocycles. The standard InChI is InChI=1S/C33H41ClN6O4/c1-21(18-38(5)6)43-31-36-27-17-28(24-11-7-9-22-10-8-12-26(34)29(22)24)42-20-25(27)30(37-31)39-15-16-40(23(19-39)13-14-35)32(41)44-33(2,3)4/h7-12,21,23,28H,13,15-20H2,1-6H3/t21?,23-,28-/m0/s1. The maximum atomic E-state index is 13.0. The normalized spacial score (nSPS) is 19.4. The highest BCUT2D eigenvalue weighted by molar-refractivity contribution is 6.35. The summed E-state index contributed by atoms with van der Waals surface area (Å²) in [5.74, 6) is 0.711. The van der Waals surface area contributed by atoms with E-state index in [-0.39, 0.29) is 24.7 Å². The summed E-state index contributed by atoms with van der Waals surface area (Å²) in [7, 11) is 3.99. The highest BCUT2D eigenvalue weighted by Crippen LogP contribution is 2.39. The molecule has 2 aliphatic rings. The number of likely N-dealkylation sites (N-methyl/N-ethyl adjacent to an activating group) is 1.